The Morgan fingerprint density at radius 3 is 2.44 bits per heavy atom. The molecule has 0 amide bonds. The number of aryl methyl sites for hydroxylation is 1. The summed E-state index contributed by atoms with van der Waals surface area (Å²) in [7, 11) is 1.51. The van der Waals surface area contributed by atoms with Crippen LogP contribution >= 0.6 is 0 Å². The minimum Gasteiger partial charge on any atom is -0.496 e. The largest absolute Gasteiger partial charge is 0.496 e. The molecule has 0 spiro atoms. The van der Waals surface area contributed by atoms with Crippen LogP contribution in [-0.2, 0) is 0 Å². The average molecular weight is 360 g/mol. The molecule has 0 aliphatic carbocycles. The van der Waals surface area contributed by atoms with Gasteiger partial charge in [0.1, 0.15) is 22.6 Å². The molecule has 0 aliphatic rings. The number of hydrogen-bond acceptors (Lipinski definition) is 5. The van der Waals surface area contributed by atoms with Crippen molar-refractivity contribution in [1.82, 2.24) is 0 Å². The highest BCUT2D eigenvalue weighted by atomic mass is 16.5. The fourth-order valence-electron chi connectivity index (χ4n) is 3.08. The number of rotatable bonds is 3. The molecular weight excluding hydrogens is 344 g/mol. The van der Waals surface area contributed by atoms with Gasteiger partial charge >= 0.3 is 11.6 Å². The zero-order chi connectivity index (χ0) is 19.0. The predicted molar refractivity (Wildman–Crippen MR) is 103 cm³/mol. The second-order valence-corrected chi connectivity index (χ2v) is 6.20. The van der Waals surface area contributed by atoms with E-state index in [9.17, 15) is 9.59 Å². The Balaban J connectivity index is 1.72. The molecule has 0 saturated carbocycles. The van der Waals surface area contributed by atoms with Crippen LogP contribution in [0.3, 0.4) is 0 Å². The number of esters is 1. The molecule has 0 atom stereocenters. The van der Waals surface area contributed by atoms with E-state index >= 15 is 0 Å². The van der Waals surface area contributed by atoms with Gasteiger partial charge in [-0.05, 0) is 47.5 Å². The van der Waals surface area contributed by atoms with Crippen molar-refractivity contribution in [1.29, 1.82) is 0 Å². The van der Waals surface area contributed by atoms with Gasteiger partial charge in [0.05, 0.1) is 7.11 Å². The molecule has 1 aromatic heterocycles. The Hall–Kier alpha value is -3.60. The summed E-state index contributed by atoms with van der Waals surface area (Å²) < 4.78 is 16.1. The molecule has 0 saturated heterocycles. The third-order valence-corrected chi connectivity index (χ3v) is 4.42. The van der Waals surface area contributed by atoms with E-state index in [2.05, 4.69) is 0 Å². The van der Waals surface area contributed by atoms with Gasteiger partial charge in [-0.1, -0.05) is 24.3 Å². The summed E-state index contributed by atoms with van der Waals surface area (Å²) in [5.41, 5.74) is 1.05. The molecule has 4 rings (SSSR count). The summed E-state index contributed by atoms with van der Waals surface area (Å²) in [6.45, 7) is 1.82. The van der Waals surface area contributed by atoms with Crippen LogP contribution in [0.4, 0.5) is 0 Å². The van der Waals surface area contributed by atoms with Crippen molar-refractivity contribution in [3.05, 3.63) is 82.2 Å². The van der Waals surface area contributed by atoms with Crippen molar-refractivity contribution < 1.29 is 18.7 Å². The molecule has 0 bridgehead atoms. The van der Waals surface area contributed by atoms with E-state index in [1.807, 2.05) is 31.2 Å². The van der Waals surface area contributed by atoms with E-state index in [1.54, 1.807) is 24.3 Å². The van der Waals surface area contributed by atoms with Gasteiger partial charge < -0.3 is 13.9 Å². The molecule has 0 radical (unpaired) electrons. The first-order valence-electron chi connectivity index (χ1n) is 8.38. The Labute approximate surface area is 154 Å². The molecule has 0 N–H and O–H groups in total. The van der Waals surface area contributed by atoms with Crippen molar-refractivity contribution in [2.45, 2.75) is 6.92 Å². The molecule has 5 heteroatoms. The Kier molecular flexibility index (Phi) is 4.12. The summed E-state index contributed by atoms with van der Waals surface area (Å²) in [6.07, 6.45) is 0. The molecule has 27 heavy (non-hydrogen) atoms. The van der Waals surface area contributed by atoms with Crippen molar-refractivity contribution >= 4 is 27.7 Å². The zero-order valence-corrected chi connectivity index (χ0v) is 14.8. The van der Waals surface area contributed by atoms with Gasteiger partial charge in [0.15, 0.2) is 0 Å². The minimum absolute atomic E-state index is 0.288. The van der Waals surface area contributed by atoms with Crippen LogP contribution in [0.25, 0.3) is 21.7 Å². The summed E-state index contributed by atoms with van der Waals surface area (Å²) in [5.74, 6) is 0.172. The molecular formula is C22H16O5. The third-order valence-electron chi connectivity index (χ3n) is 4.42. The zero-order valence-electron chi connectivity index (χ0n) is 14.8. The van der Waals surface area contributed by atoms with Crippen LogP contribution in [0.1, 0.15) is 15.9 Å². The Bertz CT molecular complexity index is 1240. The highest BCUT2D eigenvalue weighted by molar-refractivity contribution is 5.99. The monoisotopic (exact) mass is 360 g/mol. The molecule has 5 nitrogen and oxygen atoms in total. The van der Waals surface area contributed by atoms with Crippen LogP contribution in [0.15, 0.2) is 69.9 Å². The number of benzene rings is 3. The van der Waals surface area contributed by atoms with Crippen molar-refractivity contribution in [3.63, 3.8) is 0 Å². The maximum absolute atomic E-state index is 12.7. The average Bonchev–Trinajstić information content (AvgIpc) is 2.66. The van der Waals surface area contributed by atoms with Gasteiger partial charge in [0, 0.05) is 17.5 Å². The molecule has 0 aliphatic heterocycles. The van der Waals surface area contributed by atoms with Crippen LogP contribution in [0, 0.1) is 6.92 Å². The second kappa shape index (κ2) is 6.61. The summed E-state index contributed by atoms with van der Waals surface area (Å²) in [6, 6.07) is 17.6. The number of carbonyl (C=O) groups excluding carboxylic acids is 1. The summed E-state index contributed by atoms with van der Waals surface area (Å²) in [5, 5.41) is 2.66. The maximum atomic E-state index is 12.7. The lowest BCUT2D eigenvalue weighted by Gasteiger charge is -2.11. The van der Waals surface area contributed by atoms with Gasteiger partial charge in [-0.25, -0.2) is 9.59 Å². The molecule has 1 heterocycles. The van der Waals surface area contributed by atoms with Crippen molar-refractivity contribution in [2.75, 3.05) is 7.11 Å². The predicted octanol–water partition coefficient (Wildman–Crippen LogP) is 4.48. The standard InChI is InChI=1S/C22H16O5/c1-13-9-21(23)27-20-12-16(7-8-17(13)20)26-22(24)18-10-14-5-3-4-6-15(14)11-19(18)25-2/h3-12H,1-2H3. The van der Waals surface area contributed by atoms with Gasteiger partial charge in [-0.15, -0.1) is 0 Å². The number of fused-ring (bicyclic) bond motifs is 2. The number of carbonyl (C=O) groups is 1. The van der Waals surface area contributed by atoms with Gasteiger partial charge in [-0.3, -0.25) is 0 Å². The first-order chi connectivity index (χ1) is 13.0. The third kappa shape index (κ3) is 3.15. The molecule has 134 valence electrons. The summed E-state index contributed by atoms with van der Waals surface area (Å²) in [4.78, 5) is 24.3. The van der Waals surface area contributed by atoms with Crippen molar-refractivity contribution in [3.8, 4) is 11.5 Å². The normalized spacial score (nSPS) is 10.9. The lowest BCUT2D eigenvalue weighted by atomic mass is 10.1. The highest BCUT2D eigenvalue weighted by Crippen LogP contribution is 2.28. The van der Waals surface area contributed by atoms with E-state index in [-0.39, 0.29) is 5.75 Å². The minimum atomic E-state index is -0.549. The smallest absolute Gasteiger partial charge is 0.347 e. The Morgan fingerprint density at radius 2 is 1.70 bits per heavy atom. The first kappa shape index (κ1) is 16.8. The topological polar surface area (TPSA) is 65.7 Å². The lowest BCUT2D eigenvalue weighted by Crippen LogP contribution is -2.10. The Morgan fingerprint density at radius 1 is 0.963 bits per heavy atom. The van der Waals surface area contributed by atoms with E-state index in [0.717, 1.165) is 21.7 Å². The van der Waals surface area contributed by atoms with Crippen LogP contribution < -0.4 is 15.1 Å². The second-order valence-electron chi connectivity index (χ2n) is 6.20. The maximum Gasteiger partial charge on any atom is 0.347 e. The molecule has 0 unspecified atom stereocenters. The lowest BCUT2D eigenvalue weighted by molar-refractivity contribution is 0.0731. The van der Waals surface area contributed by atoms with E-state index < -0.39 is 11.6 Å². The van der Waals surface area contributed by atoms with E-state index in [4.69, 9.17) is 13.9 Å². The van der Waals surface area contributed by atoms with Crippen molar-refractivity contribution in [2.24, 2.45) is 0 Å². The summed E-state index contributed by atoms with van der Waals surface area (Å²) >= 11 is 0. The first-order valence-corrected chi connectivity index (χ1v) is 8.38. The van der Waals surface area contributed by atoms with Crippen LogP contribution in [0.5, 0.6) is 11.5 Å². The van der Waals surface area contributed by atoms with Gasteiger partial charge in [0.25, 0.3) is 0 Å². The van der Waals surface area contributed by atoms with E-state index in [0.29, 0.717) is 16.9 Å². The quantitative estimate of drug-likeness (QED) is 0.306. The molecule has 3 aromatic carbocycles. The fourth-order valence-corrected chi connectivity index (χ4v) is 3.08. The molecule has 0 fully saturated rings. The van der Waals surface area contributed by atoms with Gasteiger partial charge in [0.2, 0.25) is 0 Å². The SMILES string of the molecule is COc1cc2ccccc2cc1C(=O)Oc1ccc2c(C)cc(=O)oc2c1. The molecule has 4 aromatic rings. The number of methoxy groups -OCH3 is 1. The van der Waals surface area contributed by atoms with Crippen LogP contribution in [-0.4, -0.2) is 13.1 Å². The van der Waals surface area contributed by atoms with Crippen LogP contribution in [0.2, 0.25) is 0 Å². The van der Waals surface area contributed by atoms with E-state index in [1.165, 1.54) is 19.2 Å². The number of hydrogen-bond donors (Lipinski definition) is 0. The highest BCUT2D eigenvalue weighted by Gasteiger charge is 2.16. The number of ether oxygens (including phenoxy) is 2. The fraction of sp³-hybridized carbons (Fsp3) is 0.0909. The van der Waals surface area contributed by atoms with Gasteiger partial charge in [-0.2, -0.15) is 0 Å².